The molecular weight excluding hydrogens is 239 g/mol. The summed E-state index contributed by atoms with van der Waals surface area (Å²) in [5, 5.41) is 0. The van der Waals surface area contributed by atoms with Gasteiger partial charge in [-0.05, 0) is 0 Å². The third kappa shape index (κ3) is 8.87. The van der Waals surface area contributed by atoms with E-state index in [9.17, 15) is 0 Å². The molecule has 22 valence electrons. The first-order valence-electron chi connectivity index (χ1n) is 0. The molecule has 0 fully saturated rings. The quantitative estimate of drug-likeness (QED) is 0.394. The van der Waals surface area contributed by atoms with Gasteiger partial charge in [0.05, 0.1) is 0 Å². The molecule has 0 aliphatic heterocycles. The summed E-state index contributed by atoms with van der Waals surface area (Å²) in [5.41, 5.74) is 0. The Labute approximate surface area is 103 Å². The summed E-state index contributed by atoms with van der Waals surface area (Å²) < 4.78 is 0. The Kier molecular flexibility index (Phi) is 119. The molecule has 0 aliphatic rings. The minimum absolute atomic E-state index is 0. The predicted molar refractivity (Wildman–Crippen MR) is 0 cm³/mol. The van der Waals surface area contributed by atoms with Gasteiger partial charge in [0.15, 0.2) is 0 Å². The maximum absolute atomic E-state index is 0. The van der Waals surface area contributed by atoms with E-state index in [-0.39, 0.29) is 106 Å². The molecule has 0 N–H and O–H groups in total. The Balaban J connectivity index is 0. The Morgan fingerprint density at radius 2 is 0.750 bits per heavy atom. The van der Waals surface area contributed by atoms with Gasteiger partial charge in [-0.2, -0.15) is 0 Å². The van der Waals surface area contributed by atoms with Gasteiger partial charge in [-0.15, -0.1) is 0 Å². The van der Waals surface area contributed by atoms with Gasteiger partial charge in [-0.25, -0.2) is 0 Å². The summed E-state index contributed by atoms with van der Waals surface area (Å²) in [6, 6.07) is 0. The normalized spacial score (nSPS) is 0. The molecule has 0 aromatic heterocycles. The summed E-state index contributed by atoms with van der Waals surface area (Å²) >= 11 is 0. The van der Waals surface area contributed by atoms with Gasteiger partial charge in [-0.3, -0.25) is 0 Å². The molecule has 0 saturated carbocycles. The monoisotopic (exact) mass is 238 g/mol. The second-order valence-electron chi connectivity index (χ2n) is 0. The average Bonchev–Trinajstić information content (AvgIpc) is 0. The first-order chi connectivity index (χ1) is 0. The fourth-order valence-corrected chi connectivity index (χ4v) is 0. The van der Waals surface area contributed by atoms with Crippen molar-refractivity contribution >= 4 is 0 Å². The van der Waals surface area contributed by atoms with Crippen molar-refractivity contribution in [3.63, 3.8) is 0 Å². The summed E-state index contributed by atoms with van der Waals surface area (Å²) in [7, 11) is 0. The number of rotatable bonds is 0. The number of hydrogen-bond acceptors (Lipinski definition) is 0. The average molecular weight is 239 g/mol. The Morgan fingerprint density at radius 3 is 0.750 bits per heavy atom. The molecule has 0 rings (SSSR count). The molecule has 0 nitrogen and oxygen atoms in total. The molecule has 0 saturated heterocycles. The van der Waals surface area contributed by atoms with E-state index in [0.29, 0.717) is 0 Å². The van der Waals surface area contributed by atoms with Crippen LogP contribution < -0.4 is 93.7 Å². The van der Waals surface area contributed by atoms with Crippen molar-refractivity contribution in [3.05, 3.63) is 0 Å². The summed E-state index contributed by atoms with van der Waals surface area (Å²) in [6.07, 6.45) is 0. The van der Waals surface area contributed by atoms with Crippen molar-refractivity contribution in [1.29, 1.82) is 0 Å². The second-order valence-corrected chi connectivity index (χ2v) is 0. The fraction of sp³-hybridized carbons (Fsp3) is 0. The van der Waals surface area contributed by atoms with E-state index >= 15 is 0 Å². The topological polar surface area (TPSA) is 0 Å². The molecule has 0 spiro atoms. The van der Waals surface area contributed by atoms with Gasteiger partial charge in [0.2, 0.25) is 0 Å². The van der Waals surface area contributed by atoms with E-state index in [4.69, 9.17) is 0 Å². The first-order valence-corrected chi connectivity index (χ1v) is 0. The molecule has 0 aliphatic carbocycles. The standard InChI is InChI=1S/2ClH.Cl.Cs/h2*1H;;/q;;2*+1/p-2. The smallest absolute Gasteiger partial charge is 1.00 e. The van der Waals surface area contributed by atoms with Crippen LogP contribution in [0, 0.1) is 12.4 Å². The second kappa shape index (κ2) is 16.8. The van der Waals surface area contributed by atoms with Gasteiger partial charge in [0.1, 0.15) is 0 Å². The van der Waals surface area contributed by atoms with Gasteiger partial charge in [0, 0.05) is 0 Å². The minimum atomic E-state index is 0. The van der Waals surface area contributed by atoms with Crippen LogP contribution in [-0.2, 0) is 0 Å². The van der Waals surface area contributed by atoms with Crippen LogP contribution in [0.2, 0.25) is 0 Å². The van der Waals surface area contributed by atoms with Crippen LogP contribution in [-0.4, -0.2) is 0 Å². The van der Waals surface area contributed by atoms with Crippen LogP contribution in [0.3, 0.4) is 0 Å². The zero-order chi connectivity index (χ0) is 0. The number of hydrogen-bond donors (Lipinski definition) is 0. The molecule has 4 heteroatoms. The van der Waals surface area contributed by atoms with E-state index in [1.165, 1.54) is 0 Å². The third-order valence-electron chi connectivity index (χ3n) is 0. The molecular formula is Cl3Cs. The van der Waals surface area contributed by atoms with Crippen molar-refractivity contribution in [3.8, 4) is 0 Å². The number of halogens is 3. The van der Waals surface area contributed by atoms with Crippen molar-refractivity contribution in [2.75, 3.05) is 0 Å². The Hall–Kier alpha value is 2.92. The molecule has 2 radical (unpaired) electrons. The minimum Gasteiger partial charge on any atom is -1.00 e. The molecule has 0 atom stereocenters. The van der Waals surface area contributed by atoms with Crippen LogP contribution >= 0.6 is 0 Å². The predicted octanol–water partition coefficient (Wildman–Crippen LogP) is -8.99. The molecule has 0 amide bonds. The Morgan fingerprint density at radius 1 is 0.750 bits per heavy atom. The van der Waals surface area contributed by atoms with Gasteiger partial charge in [0.25, 0.3) is 0 Å². The van der Waals surface area contributed by atoms with E-state index in [2.05, 4.69) is 0 Å². The Bertz CT molecular complexity index is 3.25. The van der Waals surface area contributed by atoms with E-state index in [0.717, 1.165) is 0 Å². The van der Waals surface area contributed by atoms with Gasteiger partial charge >= 0.3 is 81.3 Å². The maximum Gasteiger partial charge on any atom is 1.00 e. The molecule has 0 bridgehead atoms. The zero-order valence-corrected chi connectivity index (χ0v) is 10.7. The van der Waals surface area contributed by atoms with Gasteiger partial charge < -0.3 is 24.8 Å². The van der Waals surface area contributed by atoms with Crippen molar-refractivity contribution in [1.82, 2.24) is 0 Å². The van der Waals surface area contributed by atoms with E-state index < -0.39 is 0 Å². The van der Waals surface area contributed by atoms with Gasteiger partial charge in [-0.1, -0.05) is 0 Å². The summed E-state index contributed by atoms with van der Waals surface area (Å²) in [5.74, 6) is 0. The SMILES string of the molecule is [Cl+].[Cl-].[Cl-].[Cs+]. The van der Waals surface area contributed by atoms with E-state index in [1.54, 1.807) is 0 Å². The first kappa shape index (κ1) is 28.4. The zero-order valence-electron chi connectivity index (χ0n) is 2.13. The summed E-state index contributed by atoms with van der Waals surface area (Å²) in [6.45, 7) is 0. The van der Waals surface area contributed by atoms with Crippen LogP contribution in [0.5, 0.6) is 0 Å². The van der Waals surface area contributed by atoms with Crippen LogP contribution in [0.1, 0.15) is 0 Å². The largest absolute Gasteiger partial charge is 1.00 e. The fourth-order valence-electron chi connectivity index (χ4n) is 0. The van der Waals surface area contributed by atoms with Crippen LogP contribution in [0.25, 0.3) is 0 Å². The van der Waals surface area contributed by atoms with Crippen LogP contribution in [0.4, 0.5) is 0 Å². The van der Waals surface area contributed by atoms with Crippen molar-refractivity contribution in [2.45, 2.75) is 0 Å². The van der Waals surface area contributed by atoms with E-state index in [1.807, 2.05) is 0 Å². The molecule has 0 aromatic rings. The maximum atomic E-state index is 0. The van der Waals surface area contributed by atoms with Crippen LogP contribution in [0.15, 0.2) is 0 Å². The third-order valence-corrected chi connectivity index (χ3v) is 0. The molecule has 0 unspecified atom stereocenters. The molecule has 4 heavy (non-hydrogen) atoms. The summed E-state index contributed by atoms with van der Waals surface area (Å²) in [4.78, 5) is 0. The van der Waals surface area contributed by atoms with Crippen molar-refractivity contribution < 1.29 is 106 Å². The molecule has 0 heterocycles. The molecule has 0 aromatic carbocycles. The van der Waals surface area contributed by atoms with Crippen molar-refractivity contribution in [2.24, 2.45) is 0 Å².